The van der Waals surface area contributed by atoms with Crippen LogP contribution in [0.4, 0.5) is 4.39 Å². The molecule has 1 fully saturated rings. The van der Waals surface area contributed by atoms with Gasteiger partial charge in [-0.3, -0.25) is 9.69 Å². The summed E-state index contributed by atoms with van der Waals surface area (Å²) in [5, 5.41) is 1.15. The van der Waals surface area contributed by atoms with Crippen molar-refractivity contribution >= 4 is 10.8 Å². The topological polar surface area (TPSA) is 45.3 Å². The first-order valence-corrected chi connectivity index (χ1v) is 10.3. The number of aromatic nitrogens is 1. The van der Waals surface area contributed by atoms with E-state index < -0.39 is 5.82 Å². The van der Waals surface area contributed by atoms with Crippen LogP contribution in [0.15, 0.2) is 47.4 Å². The van der Waals surface area contributed by atoms with Crippen molar-refractivity contribution in [1.29, 1.82) is 0 Å². The van der Waals surface area contributed by atoms with E-state index in [-0.39, 0.29) is 17.4 Å². The van der Waals surface area contributed by atoms with Gasteiger partial charge in [0.05, 0.1) is 5.39 Å². The summed E-state index contributed by atoms with van der Waals surface area (Å²) >= 11 is 0. The lowest BCUT2D eigenvalue weighted by atomic mass is 10.0. The second-order valence-corrected chi connectivity index (χ2v) is 7.91. The number of hydrogen-bond donors (Lipinski definition) is 1. The highest BCUT2D eigenvalue weighted by Crippen LogP contribution is 2.28. The summed E-state index contributed by atoms with van der Waals surface area (Å²) in [5.41, 5.74) is 3.31. The summed E-state index contributed by atoms with van der Waals surface area (Å²) in [6.45, 7) is 6.91. The van der Waals surface area contributed by atoms with Gasteiger partial charge in [0, 0.05) is 25.8 Å². The number of aryl methyl sites for hydroxylation is 2. The van der Waals surface area contributed by atoms with Crippen LogP contribution in [0.1, 0.15) is 36.5 Å². The lowest BCUT2D eigenvalue weighted by Crippen LogP contribution is -2.37. The summed E-state index contributed by atoms with van der Waals surface area (Å²) in [6.07, 6.45) is 4.17. The maximum atomic E-state index is 14.6. The molecule has 2 heterocycles. The van der Waals surface area contributed by atoms with Crippen LogP contribution >= 0.6 is 0 Å². The molecule has 0 amide bonds. The van der Waals surface area contributed by atoms with Gasteiger partial charge in [0.1, 0.15) is 6.10 Å². The number of hydrogen-bond acceptors (Lipinski definition) is 3. The lowest BCUT2D eigenvalue weighted by Gasteiger charge is -2.32. The van der Waals surface area contributed by atoms with Crippen LogP contribution in [0, 0.1) is 12.7 Å². The smallest absolute Gasteiger partial charge is 0.255 e. The Morgan fingerprint density at radius 3 is 2.69 bits per heavy atom. The zero-order chi connectivity index (χ0) is 20.4. The molecule has 0 saturated carbocycles. The van der Waals surface area contributed by atoms with E-state index in [1.807, 2.05) is 6.92 Å². The first-order chi connectivity index (χ1) is 14.0. The zero-order valence-electron chi connectivity index (χ0n) is 17.0. The van der Waals surface area contributed by atoms with Gasteiger partial charge in [-0.1, -0.05) is 36.8 Å². The number of nitrogens with one attached hydrogen (secondary N) is 1. The first kappa shape index (κ1) is 19.6. The molecule has 4 nitrogen and oxygen atoms in total. The van der Waals surface area contributed by atoms with Crippen molar-refractivity contribution in [2.24, 2.45) is 0 Å². The Hall–Kier alpha value is -2.66. The van der Waals surface area contributed by atoms with Crippen molar-refractivity contribution in [1.82, 2.24) is 9.88 Å². The Bertz CT molecular complexity index is 1070. The molecule has 3 aromatic rings. The van der Waals surface area contributed by atoms with Crippen LogP contribution in [0.3, 0.4) is 0 Å². The van der Waals surface area contributed by atoms with Gasteiger partial charge in [-0.05, 0) is 54.8 Å². The Kier molecular flexibility index (Phi) is 5.67. The molecule has 0 atom stereocenters. The van der Waals surface area contributed by atoms with Gasteiger partial charge in [-0.2, -0.15) is 0 Å². The molecule has 0 aliphatic carbocycles. The van der Waals surface area contributed by atoms with E-state index in [1.54, 1.807) is 12.3 Å². The number of nitrogens with zero attached hydrogens (tertiary/aromatic N) is 1. The molecule has 152 valence electrons. The van der Waals surface area contributed by atoms with Crippen LogP contribution in [-0.4, -0.2) is 29.1 Å². The Morgan fingerprint density at radius 1 is 1.17 bits per heavy atom. The average Bonchev–Trinajstić information content (AvgIpc) is 2.71. The molecule has 5 heteroatoms. The largest absolute Gasteiger partial charge is 0.487 e. The van der Waals surface area contributed by atoms with Crippen molar-refractivity contribution in [3.05, 3.63) is 75.5 Å². The number of fused-ring (bicyclic) bond motifs is 1. The second kappa shape index (κ2) is 8.37. The number of likely N-dealkylation sites (tertiary alicyclic amines) is 1. The maximum absolute atomic E-state index is 14.6. The molecule has 0 radical (unpaired) electrons. The minimum absolute atomic E-state index is 0.0113. The van der Waals surface area contributed by atoms with Gasteiger partial charge in [0.2, 0.25) is 0 Å². The summed E-state index contributed by atoms with van der Waals surface area (Å²) < 4.78 is 20.6. The Morgan fingerprint density at radius 2 is 1.97 bits per heavy atom. The van der Waals surface area contributed by atoms with Crippen molar-refractivity contribution < 1.29 is 9.13 Å². The number of aromatic amines is 1. The average molecular weight is 394 g/mol. The molecule has 29 heavy (non-hydrogen) atoms. The van der Waals surface area contributed by atoms with Crippen LogP contribution in [-0.2, 0) is 13.0 Å². The predicted molar refractivity (Wildman–Crippen MR) is 114 cm³/mol. The third kappa shape index (κ3) is 4.35. The third-order valence-corrected chi connectivity index (χ3v) is 5.74. The number of benzene rings is 2. The van der Waals surface area contributed by atoms with Crippen molar-refractivity contribution in [2.45, 2.75) is 45.8 Å². The van der Waals surface area contributed by atoms with E-state index in [4.69, 9.17) is 4.74 Å². The third-order valence-electron chi connectivity index (χ3n) is 5.74. The minimum atomic E-state index is -0.474. The Balaban J connectivity index is 1.44. The fraction of sp³-hybridized carbons (Fsp3) is 0.375. The predicted octanol–water partition coefficient (Wildman–Crippen LogP) is 4.58. The van der Waals surface area contributed by atoms with Crippen LogP contribution in [0.5, 0.6) is 5.75 Å². The first-order valence-electron chi connectivity index (χ1n) is 10.3. The van der Waals surface area contributed by atoms with Gasteiger partial charge in [-0.15, -0.1) is 0 Å². The van der Waals surface area contributed by atoms with Gasteiger partial charge < -0.3 is 9.72 Å². The van der Waals surface area contributed by atoms with Gasteiger partial charge >= 0.3 is 0 Å². The minimum Gasteiger partial charge on any atom is -0.487 e. The fourth-order valence-corrected chi connectivity index (χ4v) is 4.13. The highest BCUT2D eigenvalue weighted by molar-refractivity contribution is 5.86. The van der Waals surface area contributed by atoms with E-state index in [0.717, 1.165) is 49.8 Å². The SMILES string of the molecule is CCc1c[nH]c(=O)c2cc(F)c(OC3CCN(Cc4cccc(C)c4)CC3)cc12. The van der Waals surface area contributed by atoms with Crippen LogP contribution in [0.25, 0.3) is 10.8 Å². The fourth-order valence-electron chi connectivity index (χ4n) is 4.13. The van der Waals surface area contributed by atoms with E-state index in [9.17, 15) is 9.18 Å². The second-order valence-electron chi connectivity index (χ2n) is 7.91. The maximum Gasteiger partial charge on any atom is 0.255 e. The lowest BCUT2D eigenvalue weighted by molar-refractivity contribution is 0.0937. The quantitative estimate of drug-likeness (QED) is 0.689. The van der Waals surface area contributed by atoms with E-state index in [2.05, 4.69) is 41.1 Å². The van der Waals surface area contributed by atoms with Crippen molar-refractivity contribution in [3.8, 4) is 5.75 Å². The monoisotopic (exact) mass is 394 g/mol. The summed E-state index contributed by atoms with van der Waals surface area (Å²) in [6, 6.07) is 11.6. The number of piperidine rings is 1. The number of halogens is 1. The number of pyridine rings is 1. The molecule has 0 unspecified atom stereocenters. The summed E-state index contributed by atoms with van der Waals surface area (Å²) in [7, 11) is 0. The van der Waals surface area contributed by atoms with E-state index in [0.29, 0.717) is 5.39 Å². The number of rotatable bonds is 5. The van der Waals surface area contributed by atoms with Crippen LogP contribution in [0.2, 0.25) is 0 Å². The molecule has 1 aliphatic heterocycles. The molecular weight excluding hydrogens is 367 g/mol. The van der Waals surface area contributed by atoms with E-state index >= 15 is 0 Å². The molecular formula is C24H27FN2O2. The zero-order valence-corrected chi connectivity index (χ0v) is 17.0. The van der Waals surface area contributed by atoms with Gasteiger partial charge in [-0.25, -0.2) is 4.39 Å². The van der Waals surface area contributed by atoms with Gasteiger partial charge in [0.25, 0.3) is 5.56 Å². The molecule has 0 spiro atoms. The standard InChI is InChI=1S/C24H27FN2O2/c1-3-18-14-26-24(28)21-12-22(25)23(13-20(18)21)29-19-7-9-27(10-8-19)15-17-6-4-5-16(2)11-17/h4-6,11-14,19H,3,7-10,15H2,1-2H3,(H,26,28). The normalized spacial score (nSPS) is 15.7. The van der Waals surface area contributed by atoms with Gasteiger partial charge in [0.15, 0.2) is 11.6 Å². The molecule has 1 N–H and O–H groups in total. The van der Waals surface area contributed by atoms with E-state index in [1.165, 1.54) is 17.2 Å². The molecule has 1 saturated heterocycles. The number of ether oxygens (including phenoxy) is 1. The number of H-pyrrole nitrogens is 1. The molecule has 1 aromatic heterocycles. The van der Waals surface area contributed by atoms with Crippen molar-refractivity contribution in [2.75, 3.05) is 13.1 Å². The molecule has 1 aliphatic rings. The van der Waals surface area contributed by atoms with Crippen LogP contribution < -0.4 is 10.3 Å². The summed E-state index contributed by atoms with van der Waals surface area (Å²) in [4.78, 5) is 17.1. The molecule has 0 bridgehead atoms. The Labute approximate surface area is 170 Å². The molecule has 4 rings (SSSR count). The highest BCUT2D eigenvalue weighted by Gasteiger charge is 2.22. The molecule has 2 aromatic carbocycles. The highest BCUT2D eigenvalue weighted by atomic mass is 19.1. The summed E-state index contributed by atoms with van der Waals surface area (Å²) in [5.74, 6) is -0.228. The van der Waals surface area contributed by atoms with Crippen molar-refractivity contribution in [3.63, 3.8) is 0 Å².